The Hall–Kier alpha value is -2.95. The van der Waals surface area contributed by atoms with Crippen LogP contribution in [0.1, 0.15) is 11.6 Å². The Labute approximate surface area is 127 Å². The van der Waals surface area contributed by atoms with E-state index in [2.05, 4.69) is 30.8 Å². The van der Waals surface area contributed by atoms with Crippen LogP contribution in [0.2, 0.25) is 0 Å². The molecule has 0 aliphatic carbocycles. The Morgan fingerprint density at radius 3 is 2.59 bits per heavy atom. The second-order valence-electron chi connectivity index (χ2n) is 5.21. The van der Waals surface area contributed by atoms with Crippen molar-refractivity contribution in [3.8, 4) is 11.4 Å². The van der Waals surface area contributed by atoms with E-state index in [-0.39, 0.29) is 0 Å². The van der Waals surface area contributed by atoms with E-state index < -0.39 is 0 Å². The number of nitrogens with zero attached hydrogens (tertiary/aromatic N) is 4. The molecule has 2 aromatic heterocycles. The average molecular weight is 289 g/mol. The van der Waals surface area contributed by atoms with E-state index in [9.17, 15) is 0 Å². The normalized spacial score (nSPS) is 11.1. The zero-order valence-electron chi connectivity index (χ0n) is 12.2. The first-order chi connectivity index (χ1) is 10.8. The van der Waals surface area contributed by atoms with Gasteiger partial charge in [0.05, 0.1) is 17.6 Å². The molecule has 2 heterocycles. The van der Waals surface area contributed by atoms with Gasteiger partial charge in [0.1, 0.15) is 11.6 Å². The minimum absolute atomic E-state index is 0.631. The van der Waals surface area contributed by atoms with Gasteiger partial charge in [-0.1, -0.05) is 42.5 Å². The van der Waals surface area contributed by atoms with Crippen molar-refractivity contribution in [3.05, 3.63) is 66.2 Å². The van der Waals surface area contributed by atoms with Crippen LogP contribution < -0.4 is 0 Å². The summed E-state index contributed by atoms with van der Waals surface area (Å²) in [6.45, 7) is 2.64. The lowest BCUT2D eigenvalue weighted by Crippen LogP contribution is -2.03. The van der Waals surface area contributed by atoms with Gasteiger partial charge in [-0.25, -0.2) is 9.97 Å². The maximum absolute atomic E-state index is 4.59. The maximum Gasteiger partial charge on any atom is 0.181 e. The van der Waals surface area contributed by atoms with Crippen molar-refractivity contribution in [3.63, 3.8) is 0 Å². The predicted molar refractivity (Wildman–Crippen MR) is 85.4 cm³/mol. The Morgan fingerprint density at radius 1 is 0.955 bits per heavy atom. The van der Waals surface area contributed by atoms with Gasteiger partial charge < -0.3 is 4.57 Å². The first kappa shape index (κ1) is 12.8. The van der Waals surface area contributed by atoms with Crippen molar-refractivity contribution in [1.29, 1.82) is 0 Å². The van der Waals surface area contributed by atoms with Gasteiger partial charge in [-0.15, -0.1) is 0 Å². The van der Waals surface area contributed by atoms with Crippen molar-refractivity contribution in [1.82, 2.24) is 24.7 Å². The molecule has 0 bridgehead atoms. The van der Waals surface area contributed by atoms with E-state index in [4.69, 9.17) is 0 Å². The van der Waals surface area contributed by atoms with Crippen LogP contribution in [0.4, 0.5) is 0 Å². The molecule has 0 radical (unpaired) electrons. The molecule has 5 heteroatoms. The first-order valence-electron chi connectivity index (χ1n) is 7.20. The number of para-hydroxylation sites is 2. The maximum atomic E-state index is 4.59. The van der Waals surface area contributed by atoms with E-state index in [1.165, 1.54) is 0 Å². The summed E-state index contributed by atoms with van der Waals surface area (Å²) in [5.74, 6) is 2.52. The highest BCUT2D eigenvalue weighted by Gasteiger charge is 2.10. The molecule has 108 valence electrons. The lowest BCUT2D eigenvalue weighted by atomic mass is 10.2. The molecule has 0 saturated carbocycles. The number of benzene rings is 2. The number of hydrogen-bond donors (Lipinski definition) is 1. The van der Waals surface area contributed by atoms with Gasteiger partial charge in [0.2, 0.25) is 0 Å². The SMILES string of the molecule is Cc1nc2ccccc2n1Cc1nc(-c2ccccc2)n[nH]1. The summed E-state index contributed by atoms with van der Waals surface area (Å²) in [4.78, 5) is 9.16. The molecule has 0 amide bonds. The van der Waals surface area contributed by atoms with Gasteiger partial charge in [-0.3, -0.25) is 5.10 Å². The summed E-state index contributed by atoms with van der Waals surface area (Å²) in [5.41, 5.74) is 3.12. The van der Waals surface area contributed by atoms with E-state index in [0.717, 1.165) is 34.1 Å². The molecule has 0 fully saturated rings. The summed E-state index contributed by atoms with van der Waals surface area (Å²) >= 11 is 0. The molecule has 1 N–H and O–H groups in total. The third-order valence-electron chi connectivity index (χ3n) is 3.72. The number of imidazole rings is 1. The zero-order valence-corrected chi connectivity index (χ0v) is 12.2. The fraction of sp³-hybridized carbons (Fsp3) is 0.118. The Bertz CT molecular complexity index is 921. The number of aromatic amines is 1. The van der Waals surface area contributed by atoms with Gasteiger partial charge in [0, 0.05) is 5.56 Å². The fourth-order valence-corrected chi connectivity index (χ4v) is 2.63. The molecule has 0 aliphatic heterocycles. The standard InChI is InChI=1S/C17H15N5/c1-12-18-14-9-5-6-10-15(14)22(12)11-16-19-17(21-20-16)13-7-3-2-4-8-13/h2-10H,11H2,1H3,(H,19,20,21). The highest BCUT2D eigenvalue weighted by molar-refractivity contribution is 5.75. The summed E-state index contributed by atoms with van der Waals surface area (Å²) < 4.78 is 2.14. The van der Waals surface area contributed by atoms with Crippen LogP contribution in [-0.2, 0) is 6.54 Å². The summed E-state index contributed by atoms with van der Waals surface area (Å²) in [6.07, 6.45) is 0. The predicted octanol–water partition coefficient (Wildman–Crippen LogP) is 3.18. The van der Waals surface area contributed by atoms with Crippen LogP contribution in [0.25, 0.3) is 22.4 Å². The number of nitrogens with one attached hydrogen (secondary N) is 1. The Kier molecular flexibility index (Phi) is 2.96. The minimum atomic E-state index is 0.631. The summed E-state index contributed by atoms with van der Waals surface area (Å²) in [5, 5.41) is 7.33. The average Bonchev–Trinajstić information content (AvgIpc) is 3.14. The van der Waals surface area contributed by atoms with Crippen molar-refractivity contribution >= 4 is 11.0 Å². The van der Waals surface area contributed by atoms with Crippen molar-refractivity contribution < 1.29 is 0 Å². The number of H-pyrrole nitrogens is 1. The topological polar surface area (TPSA) is 59.4 Å². The van der Waals surface area contributed by atoms with Crippen LogP contribution in [-0.4, -0.2) is 24.7 Å². The molecule has 0 atom stereocenters. The number of rotatable bonds is 3. The van der Waals surface area contributed by atoms with Gasteiger partial charge in [-0.05, 0) is 19.1 Å². The van der Waals surface area contributed by atoms with Crippen molar-refractivity contribution in [2.45, 2.75) is 13.5 Å². The van der Waals surface area contributed by atoms with Crippen molar-refractivity contribution in [2.75, 3.05) is 0 Å². The van der Waals surface area contributed by atoms with Gasteiger partial charge in [-0.2, -0.15) is 5.10 Å². The van der Waals surface area contributed by atoms with E-state index >= 15 is 0 Å². The quantitative estimate of drug-likeness (QED) is 0.630. The number of fused-ring (bicyclic) bond motifs is 1. The van der Waals surface area contributed by atoms with Crippen LogP contribution >= 0.6 is 0 Å². The van der Waals surface area contributed by atoms with Gasteiger partial charge in [0.25, 0.3) is 0 Å². The van der Waals surface area contributed by atoms with Crippen LogP contribution in [0, 0.1) is 6.92 Å². The zero-order chi connectivity index (χ0) is 14.9. The summed E-state index contributed by atoms with van der Waals surface area (Å²) in [7, 11) is 0. The van der Waals surface area contributed by atoms with Crippen molar-refractivity contribution in [2.24, 2.45) is 0 Å². The smallest absolute Gasteiger partial charge is 0.181 e. The molecule has 4 rings (SSSR count). The van der Waals surface area contributed by atoms with E-state index in [1.807, 2.05) is 55.5 Å². The van der Waals surface area contributed by atoms with E-state index in [0.29, 0.717) is 6.54 Å². The van der Waals surface area contributed by atoms with E-state index in [1.54, 1.807) is 0 Å². The molecule has 0 saturated heterocycles. The van der Waals surface area contributed by atoms with Gasteiger partial charge >= 0.3 is 0 Å². The number of hydrogen-bond acceptors (Lipinski definition) is 3. The second-order valence-corrected chi connectivity index (χ2v) is 5.21. The highest BCUT2D eigenvalue weighted by Crippen LogP contribution is 2.18. The van der Waals surface area contributed by atoms with Gasteiger partial charge in [0.15, 0.2) is 5.82 Å². The third-order valence-corrected chi connectivity index (χ3v) is 3.72. The number of aryl methyl sites for hydroxylation is 1. The highest BCUT2D eigenvalue weighted by atomic mass is 15.2. The molecule has 0 unspecified atom stereocenters. The van der Waals surface area contributed by atoms with Crippen LogP contribution in [0.3, 0.4) is 0 Å². The number of aromatic nitrogens is 5. The molecule has 4 aromatic rings. The molecular formula is C17H15N5. The second kappa shape index (κ2) is 5.11. The molecule has 0 spiro atoms. The van der Waals surface area contributed by atoms with Crippen LogP contribution in [0.15, 0.2) is 54.6 Å². The lowest BCUT2D eigenvalue weighted by Gasteiger charge is -2.03. The molecule has 0 aliphatic rings. The monoisotopic (exact) mass is 289 g/mol. The largest absolute Gasteiger partial charge is 0.320 e. The molecule has 2 aromatic carbocycles. The van der Waals surface area contributed by atoms with Crippen LogP contribution in [0.5, 0.6) is 0 Å². The molecule has 5 nitrogen and oxygen atoms in total. The molecular weight excluding hydrogens is 274 g/mol. The fourth-order valence-electron chi connectivity index (χ4n) is 2.63. The first-order valence-corrected chi connectivity index (χ1v) is 7.20. The lowest BCUT2D eigenvalue weighted by molar-refractivity contribution is 0.741. The summed E-state index contributed by atoms with van der Waals surface area (Å²) in [6, 6.07) is 18.1. The Morgan fingerprint density at radius 2 is 1.73 bits per heavy atom. The minimum Gasteiger partial charge on any atom is -0.320 e. The third kappa shape index (κ3) is 2.16. The molecule has 22 heavy (non-hydrogen) atoms. The Balaban J connectivity index is 1.69.